The number of anilines is 2. The van der Waals surface area contributed by atoms with Crippen LogP contribution in [0, 0.1) is 0 Å². The number of para-hydroxylation sites is 2. The Labute approximate surface area is 227 Å². The van der Waals surface area contributed by atoms with Crippen molar-refractivity contribution in [2.75, 3.05) is 10.6 Å². The molecular weight excluding hydrogens is 512 g/mol. The number of carboxylic acids is 2. The molecule has 2 aromatic heterocycles. The van der Waals surface area contributed by atoms with Gasteiger partial charge in [0.2, 0.25) is 11.8 Å². The Bertz CT molecular complexity index is 1750. The van der Waals surface area contributed by atoms with Crippen LogP contribution in [0.2, 0.25) is 0 Å². The molecule has 10 heteroatoms. The van der Waals surface area contributed by atoms with E-state index in [9.17, 15) is 29.4 Å². The summed E-state index contributed by atoms with van der Waals surface area (Å²) in [5.41, 5.74) is 2.76. The van der Waals surface area contributed by atoms with Crippen LogP contribution < -0.4 is 10.6 Å². The van der Waals surface area contributed by atoms with Gasteiger partial charge in [0, 0.05) is 47.1 Å². The van der Waals surface area contributed by atoms with Crippen molar-refractivity contribution in [1.82, 2.24) is 9.97 Å². The average molecular weight is 535 g/mol. The van der Waals surface area contributed by atoms with E-state index in [1.54, 1.807) is 60.7 Å². The highest BCUT2D eigenvalue weighted by Crippen LogP contribution is 2.40. The van der Waals surface area contributed by atoms with Crippen LogP contribution in [-0.4, -0.2) is 43.9 Å². The van der Waals surface area contributed by atoms with E-state index in [2.05, 4.69) is 20.6 Å². The zero-order valence-corrected chi connectivity index (χ0v) is 21.4. The number of rotatable bonds is 6. The lowest BCUT2D eigenvalue weighted by Gasteiger charge is -2.16. The van der Waals surface area contributed by atoms with Crippen LogP contribution in [0.3, 0.4) is 0 Å². The second-order valence-electron chi connectivity index (χ2n) is 9.03. The van der Waals surface area contributed by atoms with Gasteiger partial charge in [-0.05, 0) is 35.4 Å². The first kappa shape index (κ1) is 26.0. The van der Waals surface area contributed by atoms with Crippen LogP contribution in [0.15, 0.2) is 72.8 Å². The summed E-state index contributed by atoms with van der Waals surface area (Å²) in [5, 5.41) is 26.4. The van der Waals surface area contributed by atoms with Gasteiger partial charge in [0.25, 0.3) is 0 Å². The van der Waals surface area contributed by atoms with Gasteiger partial charge in [0.05, 0.1) is 11.0 Å². The molecule has 5 aromatic rings. The van der Waals surface area contributed by atoms with Crippen LogP contribution in [0.25, 0.3) is 44.1 Å². The number of hydrogen-bond acceptors (Lipinski definition) is 6. The number of aromatic nitrogens is 2. The number of nitrogens with one attached hydrogen (secondary N) is 2. The number of benzene rings is 3. The molecule has 0 saturated heterocycles. The van der Waals surface area contributed by atoms with Gasteiger partial charge in [0.1, 0.15) is 11.4 Å². The Kier molecular flexibility index (Phi) is 6.66. The summed E-state index contributed by atoms with van der Waals surface area (Å²) < 4.78 is 0. The number of carboxylic acid groups (broad SMARTS) is 2. The van der Waals surface area contributed by atoms with Crippen molar-refractivity contribution in [2.45, 2.75) is 13.8 Å². The maximum atomic E-state index is 12.2. The van der Waals surface area contributed by atoms with Gasteiger partial charge in [-0.2, -0.15) is 0 Å². The van der Waals surface area contributed by atoms with Gasteiger partial charge >= 0.3 is 11.9 Å². The normalized spacial score (nSPS) is 10.8. The molecule has 0 unspecified atom stereocenters. The number of fused-ring (bicyclic) bond motifs is 3. The van der Waals surface area contributed by atoms with Crippen molar-refractivity contribution in [3.8, 4) is 22.3 Å². The number of carbonyl (C=O) groups is 4. The summed E-state index contributed by atoms with van der Waals surface area (Å²) in [4.78, 5) is 56.8. The fourth-order valence-electron chi connectivity index (χ4n) is 4.67. The molecule has 2 amide bonds. The Balaban J connectivity index is 1.91. The number of pyridine rings is 2. The molecule has 198 valence electrons. The van der Waals surface area contributed by atoms with Crippen LogP contribution in [0.5, 0.6) is 0 Å². The third-order valence-corrected chi connectivity index (χ3v) is 6.25. The average Bonchev–Trinajstić information content (AvgIpc) is 2.91. The summed E-state index contributed by atoms with van der Waals surface area (Å²) >= 11 is 0. The number of hydrogen-bond donors (Lipinski definition) is 4. The first-order chi connectivity index (χ1) is 19.1. The molecule has 0 bridgehead atoms. The summed E-state index contributed by atoms with van der Waals surface area (Å²) in [7, 11) is 0. The monoisotopic (exact) mass is 534 g/mol. The van der Waals surface area contributed by atoms with Gasteiger partial charge in [-0.1, -0.05) is 48.5 Å². The highest BCUT2D eigenvalue weighted by atomic mass is 16.4. The highest BCUT2D eigenvalue weighted by Gasteiger charge is 2.21. The lowest BCUT2D eigenvalue weighted by molar-refractivity contribution is -0.115. The summed E-state index contributed by atoms with van der Waals surface area (Å²) in [6, 6.07) is 20.2. The van der Waals surface area contributed by atoms with Gasteiger partial charge in [-0.15, -0.1) is 0 Å². The Morgan fingerprint density at radius 3 is 1.30 bits per heavy atom. The predicted octanol–water partition coefficient (Wildman–Crippen LogP) is 5.43. The lowest BCUT2D eigenvalue weighted by Crippen LogP contribution is -2.08. The second-order valence-corrected chi connectivity index (χ2v) is 9.03. The number of nitrogens with zero attached hydrogens (tertiary/aromatic N) is 2. The Morgan fingerprint density at radius 2 is 0.950 bits per heavy atom. The SMILES string of the molecule is CC(=O)Nc1ccccc1-c1cc(C(=O)O)nc2c1ccc1c(-c3ccccc3NC(C)=O)cc(C(=O)O)nc12. The van der Waals surface area contributed by atoms with Crippen LogP contribution >= 0.6 is 0 Å². The standard InChI is InChI=1S/C30H22N4O6/c1-15(35)31-23-9-5-3-7-17(23)21-13-25(29(37)38)33-27-19(21)11-12-20-22(14-26(30(39)40)34-28(20)27)18-8-4-6-10-24(18)32-16(2)36/h3-14H,1-2H3,(H,31,35)(H,32,36)(H,37,38)(H,39,40). The van der Waals surface area contributed by atoms with Gasteiger partial charge in [-0.25, -0.2) is 19.6 Å². The molecule has 5 rings (SSSR count). The Morgan fingerprint density at radius 1 is 0.575 bits per heavy atom. The maximum Gasteiger partial charge on any atom is 0.354 e. The molecular formula is C30H22N4O6. The first-order valence-corrected chi connectivity index (χ1v) is 12.1. The summed E-state index contributed by atoms with van der Waals surface area (Å²) in [5.74, 6) is -3.18. The molecule has 4 N–H and O–H groups in total. The second kappa shape index (κ2) is 10.3. The smallest absolute Gasteiger partial charge is 0.354 e. The molecule has 40 heavy (non-hydrogen) atoms. The molecule has 0 fully saturated rings. The largest absolute Gasteiger partial charge is 0.477 e. The fraction of sp³-hybridized carbons (Fsp3) is 0.0667. The van der Waals surface area contributed by atoms with E-state index >= 15 is 0 Å². The van der Waals surface area contributed by atoms with E-state index in [1.165, 1.54) is 26.0 Å². The molecule has 2 heterocycles. The van der Waals surface area contributed by atoms with E-state index in [0.717, 1.165) is 0 Å². The molecule has 0 radical (unpaired) electrons. The van der Waals surface area contributed by atoms with Gasteiger partial charge < -0.3 is 20.8 Å². The van der Waals surface area contributed by atoms with E-state index in [1.807, 2.05) is 0 Å². The molecule has 3 aromatic carbocycles. The topological polar surface area (TPSA) is 159 Å². The van der Waals surface area contributed by atoms with E-state index < -0.39 is 11.9 Å². The predicted molar refractivity (Wildman–Crippen MR) is 150 cm³/mol. The minimum absolute atomic E-state index is 0.173. The lowest BCUT2D eigenvalue weighted by atomic mass is 9.94. The fourth-order valence-corrected chi connectivity index (χ4v) is 4.67. The minimum Gasteiger partial charge on any atom is -0.477 e. The molecule has 0 aliphatic rings. The third-order valence-electron chi connectivity index (χ3n) is 6.25. The zero-order chi connectivity index (χ0) is 28.6. The minimum atomic E-state index is -1.29. The Hall–Kier alpha value is -5.64. The molecule has 0 saturated carbocycles. The third kappa shape index (κ3) is 4.81. The van der Waals surface area contributed by atoms with Crippen LogP contribution in [0.4, 0.5) is 11.4 Å². The zero-order valence-electron chi connectivity index (χ0n) is 21.4. The molecule has 0 aliphatic carbocycles. The van der Waals surface area contributed by atoms with Crippen LogP contribution in [-0.2, 0) is 9.59 Å². The quantitative estimate of drug-likeness (QED) is 0.210. The van der Waals surface area contributed by atoms with Crippen LogP contribution in [0.1, 0.15) is 34.8 Å². The molecule has 0 spiro atoms. The number of amides is 2. The van der Waals surface area contributed by atoms with Crippen molar-refractivity contribution >= 4 is 56.9 Å². The number of aromatic carboxylic acids is 2. The number of carbonyl (C=O) groups excluding carboxylic acids is 2. The van der Waals surface area contributed by atoms with Crippen molar-refractivity contribution in [3.63, 3.8) is 0 Å². The van der Waals surface area contributed by atoms with E-state index in [4.69, 9.17) is 0 Å². The van der Waals surface area contributed by atoms with Gasteiger partial charge in [-0.3, -0.25) is 9.59 Å². The maximum absolute atomic E-state index is 12.2. The van der Waals surface area contributed by atoms with Crippen molar-refractivity contribution in [2.24, 2.45) is 0 Å². The summed E-state index contributed by atoms with van der Waals surface area (Å²) in [6.07, 6.45) is 0. The van der Waals surface area contributed by atoms with E-state index in [-0.39, 0.29) is 34.2 Å². The van der Waals surface area contributed by atoms with Crippen molar-refractivity contribution in [1.29, 1.82) is 0 Å². The molecule has 0 atom stereocenters. The molecule has 10 nitrogen and oxygen atoms in total. The van der Waals surface area contributed by atoms with Crippen molar-refractivity contribution in [3.05, 3.63) is 84.2 Å². The van der Waals surface area contributed by atoms with Crippen molar-refractivity contribution < 1.29 is 29.4 Å². The van der Waals surface area contributed by atoms with E-state index in [0.29, 0.717) is 44.4 Å². The summed E-state index contributed by atoms with van der Waals surface area (Å²) in [6.45, 7) is 2.74. The molecule has 0 aliphatic heterocycles. The first-order valence-electron chi connectivity index (χ1n) is 12.1. The highest BCUT2D eigenvalue weighted by molar-refractivity contribution is 6.15. The van der Waals surface area contributed by atoms with Gasteiger partial charge in [0.15, 0.2) is 0 Å².